The topological polar surface area (TPSA) is 73.6 Å². The first-order chi connectivity index (χ1) is 10.7. The van der Waals surface area contributed by atoms with Crippen molar-refractivity contribution in [2.75, 3.05) is 39.5 Å². The van der Waals surface area contributed by atoms with Crippen LogP contribution in [-0.4, -0.2) is 45.4 Å². The standard InChI is InChI=1S/C17H32N2O3.ClH/c18-14-17(6-2-1-3-7-17)11-16(20)19-8-4-9-21-12-15-5-10-22-13-15;/h15H,1-14,18H2,(H,19,20);1H. The maximum atomic E-state index is 12.1. The van der Waals surface area contributed by atoms with Crippen molar-refractivity contribution in [3.05, 3.63) is 0 Å². The van der Waals surface area contributed by atoms with E-state index in [9.17, 15) is 4.79 Å². The molecule has 1 amide bonds. The van der Waals surface area contributed by atoms with Crippen molar-refractivity contribution in [3.8, 4) is 0 Å². The summed E-state index contributed by atoms with van der Waals surface area (Å²) in [7, 11) is 0. The molecule has 0 bridgehead atoms. The molecule has 1 saturated heterocycles. The largest absolute Gasteiger partial charge is 0.381 e. The fraction of sp³-hybridized carbons (Fsp3) is 0.941. The minimum atomic E-state index is 0. The van der Waals surface area contributed by atoms with Crippen LogP contribution in [-0.2, 0) is 14.3 Å². The van der Waals surface area contributed by atoms with Gasteiger partial charge in [-0.3, -0.25) is 4.79 Å². The molecule has 0 radical (unpaired) electrons. The monoisotopic (exact) mass is 348 g/mol. The zero-order valence-electron chi connectivity index (χ0n) is 14.2. The van der Waals surface area contributed by atoms with Gasteiger partial charge in [0.2, 0.25) is 5.91 Å². The van der Waals surface area contributed by atoms with Crippen LogP contribution in [0.4, 0.5) is 0 Å². The van der Waals surface area contributed by atoms with Gasteiger partial charge >= 0.3 is 0 Å². The minimum absolute atomic E-state index is 0. The van der Waals surface area contributed by atoms with Gasteiger partial charge in [0.15, 0.2) is 0 Å². The van der Waals surface area contributed by atoms with Gasteiger partial charge in [-0.25, -0.2) is 0 Å². The Morgan fingerprint density at radius 2 is 2.09 bits per heavy atom. The van der Waals surface area contributed by atoms with E-state index >= 15 is 0 Å². The average molecular weight is 349 g/mol. The number of hydrogen-bond acceptors (Lipinski definition) is 4. The van der Waals surface area contributed by atoms with Crippen LogP contribution in [0.2, 0.25) is 0 Å². The molecular weight excluding hydrogens is 316 g/mol. The molecule has 1 aliphatic carbocycles. The van der Waals surface area contributed by atoms with Gasteiger partial charge in [0.05, 0.1) is 13.2 Å². The first kappa shape index (κ1) is 20.7. The van der Waals surface area contributed by atoms with Crippen LogP contribution in [0, 0.1) is 11.3 Å². The molecule has 2 rings (SSSR count). The lowest BCUT2D eigenvalue weighted by molar-refractivity contribution is -0.123. The highest BCUT2D eigenvalue weighted by atomic mass is 35.5. The second kappa shape index (κ2) is 11.2. The molecule has 5 nitrogen and oxygen atoms in total. The number of amides is 1. The van der Waals surface area contributed by atoms with Crippen LogP contribution < -0.4 is 11.1 Å². The third-order valence-corrected chi connectivity index (χ3v) is 5.05. The molecule has 1 saturated carbocycles. The molecule has 136 valence electrons. The van der Waals surface area contributed by atoms with Gasteiger partial charge in [-0.05, 0) is 37.6 Å². The molecule has 6 heteroatoms. The number of nitrogens with one attached hydrogen (secondary N) is 1. The fourth-order valence-corrected chi connectivity index (χ4v) is 3.52. The van der Waals surface area contributed by atoms with Gasteiger partial charge < -0.3 is 20.5 Å². The number of halogens is 1. The number of carbonyl (C=O) groups excluding carboxylic acids is 1. The van der Waals surface area contributed by atoms with E-state index in [2.05, 4.69) is 5.32 Å². The van der Waals surface area contributed by atoms with E-state index in [0.29, 0.717) is 32.0 Å². The summed E-state index contributed by atoms with van der Waals surface area (Å²) in [5, 5.41) is 3.02. The molecule has 1 atom stereocenters. The zero-order chi connectivity index (χ0) is 15.7. The summed E-state index contributed by atoms with van der Waals surface area (Å²) in [6, 6.07) is 0. The molecule has 3 N–H and O–H groups in total. The Morgan fingerprint density at radius 3 is 2.74 bits per heavy atom. The van der Waals surface area contributed by atoms with Gasteiger partial charge in [0.1, 0.15) is 0 Å². The van der Waals surface area contributed by atoms with Crippen molar-refractivity contribution < 1.29 is 14.3 Å². The maximum absolute atomic E-state index is 12.1. The Kier molecular flexibility index (Phi) is 10.1. The van der Waals surface area contributed by atoms with Crippen LogP contribution in [0.5, 0.6) is 0 Å². The van der Waals surface area contributed by atoms with Gasteiger partial charge in [0.25, 0.3) is 0 Å². The average Bonchev–Trinajstić information content (AvgIpc) is 3.05. The normalized spacial score (nSPS) is 23.3. The number of hydrogen-bond donors (Lipinski definition) is 2. The molecule has 0 aromatic carbocycles. The predicted molar refractivity (Wildman–Crippen MR) is 93.8 cm³/mol. The van der Waals surface area contributed by atoms with Crippen molar-refractivity contribution >= 4 is 18.3 Å². The zero-order valence-corrected chi connectivity index (χ0v) is 15.0. The Labute approximate surface area is 146 Å². The Balaban J connectivity index is 0.00000264. The third kappa shape index (κ3) is 7.38. The molecular formula is C17H33ClN2O3. The number of nitrogens with two attached hydrogens (primary N) is 1. The highest BCUT2D eigenvalue weighted by Crippen LogP contribution is 2.38. The van der Waals surface area contributed by atoms with Crippen molar-refractivity contribution in [1.29, 1.82) is 0 Å². The van der Waals surface area contributed by atoms with E-state index in [1.807, 2.05) is 0 Å². The SMILES string of the molecule is Cl.NCC1(CC(=O)NCCCOCC2CCOC2)CCCCC1. The lowest BCUT2D eigenvalue weighted by Crippen LogP contribution is -2.39. The van der Waals surface area contributed by atoms with Crippen LogP contribution in [0.1, 0.15) is 51.4 Å². The summed E-state index contributed by atoms with van der Waals surface area (Å²) in [4.78, 5) is 12.1. The molecule has 2 fully saturated rings. The molecule has 1 heterocycles. The highest BCUT2D eigenvalue weighted by Gasteiger charge is 2.32. The Morgan fingerprint density at radius 1 is 1.30 bits per heavy atom. The van der Waals surface area contributed by atoms with Crippen LogP contribution in [0.25, 0.3) is 0 Å². The Hall–Kier alpha value is -0.360. The molecule has 0 aromatic heterocycles. The second-order valence-corrected chi connectivity index (χ2v) is 6.95. The van der Waals surface area contributed by atoms with Crippen molar-refractivity contribution in [2.24, 2.45) is 17.1 Å². The summed E-state index contributed by atoms with van der Waals surface area (Å²) in [5.41, 5.74) is 5.99. The van der Waals surface area contributed by atoms with Crippen molar-refractivity contribution in [2.45, 2.75) is 51.4 Å². The minimum Gasteiger partial charge on any atom is -0.381 e. The van der Waals surface area contributed by atoms with Crippen LogP contribution in [0.3, 0.4) is 0 Å². The molecule has 1 unspecified atom stereocenters. The lowest BCUT2D eigenvalue weighted by Gasteiger charge is -2.35. The summed E-state index contributed by atoms with van der Waals surface area (Å²) >= 11 is 0. The molecule has 0 aromatic rings. The smallest absolute Gasteiger partial charge is 0.220 e. The predicted octanol–water partition coefficient (Wildman–Crippen LogP) is 2.27. The molecule has 23 heavy (non-hydrogen) atoms. The quantitative estimate of drug-likeness (QED) is 0.627. The first-order valence-corrected chi connectivity index (χ1v) is 8.86. The fourth-order valence-electron chi connectivity index (χ4n) is 3.52. The Bertz CT molecular complexity index is 330. The summed E-state index contributed by atoms with van der Waals surface area (Å²) < 4.78 is 11.0. The summed E-state index contributed by atoms with van der Waals surface area (Å²) in [5.74, 6) is 0.710. The number of ether oxygens (including phenoxy) is 2. The van der Waals surface area contributed by atoms with Crippen LogP contribution in [0.15, 0.2) is 0 Å². The van der Waals surface area contributed by atoms with E-state index in [1.165, 1.54) is 19.3 Å². The number of rotatable bonds is 9. The molecule has 1 aliphatic heterocycles. The van der Waals surface area contributed by atoms with Crippen LogP contribution >= 0.6 is 12.4 Å². The highest BCUT2D eigenvalue weighted by molar-refractivity contribution is 5.85. The van der Waals surface area contributed by atoms with E-state index in [4.69, 9.17) is 15.2 Å². The van der Waals surface area contributed by atoms with E-state index < -0.39 is 0 Å². The molecule has 2 aliphatic rings. The first-order valence-electron chi connectivity index (χ1n) is 8.86. The van der Waals surface area contributed by atoms with Crippen molar-refractivity contribution in [1.82, 2.24) is 5.32 Å². The lowest BCUT2D eigenvalue weighted by atomic mass is 9.71. The molecule has 0 spiro atoms. The summed E-state index contributed by atoms with van der Waals surface area (Å²) in [6.45, 7) is 4.52. The number of carbonyl (C=O) groups is 1. The summed E-state index contributed by atoms with van der Waals surface area (Å²) in [6.07, 6.45) is 8.47. The van der Waals surface area contributed by atoms with Gasteiger partial charge in [-0.1, -0.05) is 19.3 Å². The van der Waals surface area contributed by atoms with E-state index in [0.717, 1.165) is 45.5 Å². The maximum Gasteiger partial charge on any atom is 0.220 e. The van der Waals surface area contributed by atoms with Gasteiger partial charge in [-0.15, -0.1) is 12.4 Å². The van der Waals surface area contributed by atoms with Crippen molar-refractivity contribution in [3.63, 3.8) is 0 Å². The van der Waals surface area contributed by atoms with Gasteiger partial charge in [0, 0.05) is 32.1 Å². The van der Waals surface area contributed by atoms with E-state index in [-0.39, 0.29) is 23.7 Å². The van der Waals surface area contributed by atoms with Gasteiger partial charge in [-0.2, -0.15) is 0 Å². The second-order valence-electron chi connectivity index (χ2n) is 6.95. The third-order valence-electron chi connectivity index (χ3n) is 5.05. The van der Waals surface area contributed by atoms with E-state index in [1.54, 1.807) is 0 Å².